The van der Waals surface area contributed by atoms with Gasteiger partial charge in [0.25, 0.3) is 0 Å². The first-order valence-electron chi connectivity index (χ1n) is 19.4. The number of pyridine rings is 1. The number of aliphatic carboxylic acids is 2. The van der Waals surface area contributed by atoms with Gasteiger partial charge in [0.05, 0.1) is 35.6 Å². The zero-order chi connectivity index (χ0) is 44.1. The molecule has 0 aliphatic carbocycles. The summed E-state index contributed by atoms with van der Waals surface area (Å²) in [6.45, 7) is 1.09. The molecule has 5 aromatic rings. The number of nitriles is 1. The minimum atomic E-state index is -3.08. The summed E-state index contributed by atoms with van der Waals surface area (Å²) < 4.78 is 44.4. The molecule has 2 atom stereocenters. The number of carboxylic acid groups (broad SMARTS) is 2. The molecule has 0 radical (unpaired) electrons. The van der Waals surface area contributed by atoms with E-state index in [4.69, 9.17) is 36.0 Å². The molecule has 12 nitrogen and oxygen atoms in total. The van der Waals surface area contributed by atoms with Crippen LogP contribution in [0.4, 0.5) is 8.78 Å². The van der Waals surface area contributed by atoms with Crippen LogP contribution in [0.15, 0.2) is 85.2 Å². The zero-order valence-electron chi connectivity index (χ0n) is 33.5. The van der Waals surface area contributed by atoms with Crippen LogP contribution in [0, 0.1) is 25.2 Å². The minimum absolute atomic E-state index is 0.0483. The van der Waals surface area contributed by atoms with Gasteiger partial charge in [0.2, 0.25) is 0 Å². The fraction of sp³-hybridized carbons (Fsp3) is 0.304. The van der Waals surface area contributed by atoms with Crippen LogP contribution in [-0.2, 0) is 35.8 Å². The number of carbonyl (C=O) groups is 2. The number of aliphatic hydroxyl groups is 2. The molecular formula is C46H46ClF2N3O9. The van der Waals surface area contributed by atoms with Gasteiger partial charge >= 0.3 is 18.6 Å². The van der Waals surface area contributed by atoms with Gasteiger partial charge < -0.3 is 40.0 Å². The molecule has 0 aliphatic rings. The number of hydrogen-bond acceptors (Lipinski definition) is 10. The summed E-state index contributed by atoms with van der Waals surface area (Å²) in [6.07, 6.45) is 1.27. The summed E-state index contributed by atoms with van der Waals surface area (Å²) in [5.74, 6) is -1.46. The lowest BCUT2D eigenvalue weighted by Gasteiger charge is -2.19. The number of aryl methyl sites for hydroxylation is 1. The lowest BCUT2D eigenvalue weighted by molar-refractivity contribution is -0.140. The van der Waals surface area contributed by atoms with Gasteiger partial charge in [-0.15, -0.1) is 0 Å². The Balaban J connectivity index is 1.37. The standard InChI is InChI=1S/C46H46ClF2N3O9/c1-27-34(26-60-43-19-41(59-25-30-14-29(20-50)21-51-22-30)32(15-40(43)47)6-3-8-35(53)17-44(55)56)7-4-10-38(27)39-11-5-9-37(28(39)2)31-12-13-33(42(16-31)61-46(48)49)23-52-24-36(54)18-45(57)58/h4-5,7,9-16,19,21-22,35-36,46,52-54H,3,6,8,17-18,23-26H2,1-2H3,(H,55,56)(H,57,58)/t35-,36+/m1/s1. The van der Waals surface area contributed by atoms with Gasteiger partial charge in [0.1, 0.15) is 36.5 Å². The first-order valence-corrected chi connectivity index (χ1v) is 19.8. The van der Waals surface area contributed by atoms with Gasteiger partial charge in [-0.2, -0.15) is 14.0 Å². The highest BCUT2D eigenvalue weighted by atomic mass is 35.5. The first-order chi connectivity index (χ1) is 29.2. The molecule has 61 heavy (non-hydrogen) atoms. The lowest BCUT2D eigenvalue weighted by Crippen LogP contribution is -2.28. The van der Waals surface area contributed by atoms with Crippen LogP contribution in [0.2, 0.25) is 5.02 Å². The van der Waals surface area contributed by atoms with Gasteiger partial charge in [0, 0.05) is 42.7 Å². The number of nitrogens with one attached hydrogen (secondary N) is 1. The molecule has 15 heteroatoms. The number of aliphatic hydroxyl groups excluding tert-OH is 2. The van der Waals surface area contributed by atoms with E-state index in [0.29, 0.717) is 51.6 Å². The zero-order valence-corrected chi connectivity index (χ0v) is 34.3. The highest BCUT2D eigenvalue weighted by Gasteiger charge is 2.19. The second kappa shape index (κ2) is 21.9. The molecule has 0 fully saturated rings. The molecule has 5 N–H and O–H groups in total. The van der Waals surface area contributed by atoms with Gasteiger partial charge in [-0.3, -0.25) is 14.6 Å². The van der Waals surface area contributed by atoms with E-state index in [1.807, 2.05) is 50.2 Å². The number of hydrogen-bond donors (Lipinski definition) is 5. The van der Waals surface area contributed by atoms with Crippen LogP contribution in [0.5, 0.6) is 17.2 Å². The van der Waals surface area contributed by atoms with E-state index < -0.39 is 37.2 Å². The Morgan fingerprint density at radius 3 is 2.21 bits per heavy atom. The third kappa shape index (κ3) is 13.2. The van der Waals surface area contributed by atoms with Crippen LogP contribution < -0.4 is 19.5 Å². The van der Waals surface area contributed by atoms with Crippen molar-refractivity contribution >= 4 is 23.5 Å². The van der Waals surface area contributed by atoms with Crippen molar-refractivity contribution in [2.75, 3.05) is 6.54 Å². The fourth-order valence-electron chi connectivity index (χ4n) is 6.89. The fourth-order valence-corrected chi connectivity index (χ4v) is 7.13. The first kappa shape index (κ1) is 46.0. The summed E-state index contributed by atoms with van der Waals surface area (Å²) in [4.78, 5) is 26.0. The Morgan fingerprint density at radius 1 is 0.803 bits per heavy atom. The van der Waals surface area contributed by atoms with Crippen molar-refractivity contribution in [3.05, 3.63) is 129 Å². The molecular weight excluding hydrogens is 812 g/mol. The Bertz CT molecular complexity index is 2370. The molecule has 0 aliphatic heterocycles. The van der Waals surface area contributed by atoms with Gasteiger partial charge in [-0.05, 0) is 95.8 Å². The topological polar surface area (TPSA) is 191 Å². The van der Waals surface area contributed by atoms with Crippen molar-refractivity contribution in [1.29, 1.82) is 5.26 Å². The van der Waals surface area contributed by atoms with E-state index in [9.17, 15) is 33.8 Å². The van der Waals surface area contributed by atoms with Crippen molar-refractivity contribution < 1.29 is 53.0 Å². The average molecular weight is 858 g/mol. The molecule has 5 rings (SSSR count). The monoisotopic (exact) mass is 857 g/mol. The average Bonchev–Trinajstić information content (AvgIpc) is 3.20. The van der Waals surface area contributed by atoms with Crippen molar-refractivity contribution in [3.8, 4) is 45.6 Å². The molecule has 4 aromatic carbocycles. The van der Waals surface area contributed by atoms with E-state index in [-0.39, 0.29) is 44.9 Å². The van der Waals surface area contributed by atoms with Crippen molar-refractivity contribution in [1.82, 2.24) is 10.3 Å². The number of benzene rings is 4. The number of carboxylic acids is 2. The summed E-state index contributed by atoms with van der Waals surface area (Å²) >= 11 is 6.76. The van der Waals surface area contributed by atoms with E-state index in [0.717, 1.165) is 38.9 Å². The highest BCUT2D eigenvalue weighted by molar-refractivity contribution is 6.32. The molecule has 0 spiro atoms. The Kier molecular flexibility index (Phi) is 16.5. The largest absolute Gasteiger partial charge is 0.488 e. The summed E-state index contributed by atoms with van der Waals surface area (Å²) in [5.41, 5.74) is 8.16. The molecule has 0 bridgehead atoms. The Hall–Kier alpha value is -6.11. The van der Waals surface area contributed by atoms with Crippen LogP contribution in [-0.4, -0.2) is 62.7 Å². The maximum atomic E-state index is 13.5. The molecule has 0 saturated carbocycles. The normalized spacial score (nSPS) is 12.1. The number of alkyl halides is 2. The quantitative estimate of drug-likeness (QED) is 0.0447. The van der Waals surface area contributed by atoms with Gasteiger partial charge in [0.15, 0.2) is 0 Å². The second-order valence-electron chi connectivity index (χ2n) is 14.5. The molecule has 0 unspecified atom stereocenters. The second-order valence-corrected chi connectivity index (χ2v) is 14.9. The maximum Gasteiger partial charge on any atom is 0.387 e. The summed E-state index contributed by atoms with van der Waals surface area (Å²) in [5, 5.41) is 50.4. The van der Waals surface area contributed by atoms with Crippen molar-refractivity contribution in [3.63, 3.8) is 0 Å². The minimum Gasteiger partial charge on any atom is -0.488 e. The molecule has 1 aromatic heterocycles. The summed E-state index contributed by atoms with van der Waals surface area (Å²) in [7, 11) is 0. The van der Waals surface area contributed by atoms with Gasteiger partial charge in [-0.25, -0.2) is 0 Å². The molecule has 0 amide bonds. The smallest absolute Gasteiger partial charge is 0.387 e. The maximum absolute atomic E-state index is 13.5. The van der Waals surface area contributed by atoms with Crippen LogP contribution in [0.3, 0.4) is 0 Å². The van der Waals surface area contributed by atoms with Crippen molar-refractivity contribution in [2.45, 2.75) is 84.5 Å². The number of rotatable bonds is 22. The van der Waals surface area contributed by atoms with Crippen LogP contribution in [0.25, 0.3) is 22.3 Å². The third-order valence-corrected chi connectivity index (χ3v) is 10.3. The van der Waals surface area contributed by atoms with Gasteiger partial charge in [-0.1, -0.05) is 60.1 Å². The predicted octanol–water partition coefficient (Wildman–Crippen LogP) is 8.40. The number of aromatic nitrogens is 1. The van der Waals surface area contributed by atoms with E-state index in [1.54, 1.807) is 36.5 Å². The van der Waals surface area contributed by atoms with E-state index in [1.165, 1.54) is 12.3 Å². The number of nitrogens with zero attached hydrogens (tertiary/aromatic N) is 2. The molecule has 1 heterocycles. The van der Waals surface area contributed by atoms with Crippen molar-refractivity contribution in [2.24, 2.45) is 0 Å². The van der Waals surface area contributed by atoms with E-state index in [2.05, 4.69) is 16.4 Å². The lowest BCUT2D eigenvalue weighted by atomic mass is 9.89. The summed E-state index contributed by atoms with van der Waals surface area (Å²) in [6, 6.07) is 23.7. The highest BCUT2D eigenvalue weighted by Crippen LogP contribution is 2.38. The third-order valence-electron chi connectivity index (χ3n) is 9.98. The number of halogens is 3. The predicted molar refractivity (Wildman–Crippen MR) is 224 cm³/mol. The van der Waals surface area contributed by atoms with E-state index >= 15 is 0 Å². The van der Waals surface area contributed by atoms with Crippen LogP contribution in [0.1, 0.15) is 64.6 Å². The van der Waals surface area contributed by atoms with Crippen LogP contribution >= 0.6 is 11.6 Å². The Morgan fingerprint density at radius 2 is 1.49 bits per heavy atom. The SMILES string of the molecule is Cc1c(COc2cc(OCc3cncc(C#N)c3)c(CCC[C@@H](O)CC(=O)O)cc2Cl)cccc1-c1cccc(-c2ccc(CNC[C@@H](O)CC(=O)O)c(OC(F)F)c2)c1C. The number of ether oxygens (including phenoxy) is 3. The molecule has 320 valence electrons. The Labute approximate surface area is 357 Å². The molecule has 0 saturated heterocycles.